The maximum atomic E-state index is 13.5. The van der Waals surface area contributed by atoms with Gasteiger partial charge >= 0.3 is 0 Å². The van der Waals surface area contributed by atoms with Crippen molar-refractivity contribution in [1.29, 1.82) is 0 Å². The van der Waals surface area contributed by atoms with Gasteiger partial charge in [-0.3, -0.25) is 9.59 Å². The van der Waals surface area contributed by atoms with Crippen molar-refractivity contribution in [1.82, 2.24) is 19.2 Å². The van der Waals surface area contributed by atoms with Crippen molar-refractivity contribution in [3.8, 4) is 0 Å². The molecule has 0 radical (unpaired) electrons. The van der Waals surface area contributed by atoms with Crippen molar-refractivity contribution in [2.24, 2.45) is 0 Å². The average molecular weight is 455 g/mol. The molecule has 0 N–H and O–H groups in total. The molecule has 0 atom stereocenters. The molecule has 5 aromatic rings. The molecule has 0 bridgehead atoms. The van der Waals surface area contributed by atoms with E-state index >= 15 is 0 Å². The third kappa shape index (κ3) is 4.08. The predicted molar refractivity (Wildman–Crippen MR) is 130 cm³/mol. The van der Waals surface area contributed by atoms with Crippen LogP contribution >= 0.6 is 0 Å². The topological polar surface area (TPSA) is 60.1 Å². The normalized spacial score (nSPS) is 11.2. The lowest BCUT2D eigenvalue weighted by molar-refractivity contribution is -0.131. The fraction of sp³-hybridized carbons (Fsp3) is 0.148. The zero-order valence-electron chi connectivity index (χ0n) is 18.7. The van der Waals surface area contributed by atoms with Crippen LogP contribution in [0.4, 0.5) is 4.39 Å². The summed E-state index contributed by atoms with van der Waals surface area (Å²) in [6.45, 7) is 0.684. The van der Waals surface area contributed by atoms with Gasteiger partial charge in [-0.2, -0.15) is 5.10 Å². The number of hydrogen-bond acceptors (Lipinski definition) is 3. The molecule has 0 fully saturated rings. The van der Waals surface area contributed by atoms with Crippen LogP contribution in [0.15, 0.2) is 89.9 Å². The highest BCUT2D eigenvalue weighted by atomic mass is 19.1. The average Bonchev–Trinajstić information content (AvgIpc) is 3.17. The minimum atomic E-state index is -0.336. The molecule has 0 unspecified atom stereocenters. The monoisotopic (exact) mass is 454 g/mol. The van der Waals surface area contributed by atoms with Crippen LogP contribution in [0.3, 0.4) is 0 Å². The Morgan fingerprint density at radius 3 is 2.38 bits per heavy atom. The van der Waals surface area contributed by atoms with E-state index in [1.165, 1.54) is 16.8 Å². The van der Waals surface area contributed by atoms with Crippen molar-refractivity contribution < 1.29 is 9.18 Å². The number of fused-ring (bicyclic) bond motifs is 3. The van der Waals surface area contributed by atoms with E-state index in [0.717, 1.165) is 27.4 Å². The summed E-state index contributed by atoms with van der Waals surface area (Å²) in [6, 6.07) is 23.6. The fourth-order valence-electron chi connectivity index (χ4n) is 4.24. The maximum Gasteiger partial charge on any atom is 0.291 e. The first-order valence-corrected chi connectivity index (χ1v) is 11.0. The number of para-hydroxylation sites is 1. The van der Waals surface area contributed by atoms with Crippen molar-refractivity contribution in [2.45, 2.75) is 19.6 Å². The Kier molecular flexibility index (Phi) is 5.67. The van der Waals surface area contributed by atoms with Gasteiger partial charge in [0.1, 0.15) is 17.9 Å². The number of carbonyl (C=O) groups is 1. The Hall–Kier alpha value is -4.26. The summed E-state index contributed by atoms with van der Waals surface area (Å²) in [5.41, 5.74) is 2.89. The van der Waals surface area contributed by atoms with E-state index in [0.29, 0.717) is 18.6 Å². The minimum Gasteiger partial charge on any atom is -0.340 e. The number of nitrogens with zero attached hydrogens (tertiary/aromatic N) is 4. The summed E-state index contributed by atoms with van der Waals surface area (Å²) in [6.07, 6.45) is 1.64. The molecule has 1 amide bonds. The van der Waals surface area contributed by atoms with E-state index < -0.39 is 0 Å². The molecular formula is C27H23FN4O2. The van der Waals surface area contributed by atoms with E-state index in [2.05, 4.69) is 5.10 Å². The lowest BCUT2D eigenvalue weighted by Crippen LogP contribution is -2.35. The standard InChI is InChI=1S/C27H23FN4O2/c1-30(16-19-7-3-2-4-8-19)25(33)18-32-27(34)26-23(15-29-32)22-9-5-6-10-24(22)31(26)17-20-11-13-21(28)14-12-20/h2-15H,16-18H2,1H3. The van der Waals surface area contributed by atoms with Crippen LogP contribution in [0.25, 0.3) is 21.8 Å². The lowest BCUT2D eigenvalue weighted by Gasteiger charge is -2.17. The lowest BCUT2D eigenvalue weighted by atomic mass is 10.2. The van der Waals surface area contributed by atoms with Crippen LogP contribution in [0.1, 0.15) is 11.1 Å². The van der Waals surface area contributed by atoms with Crippen molar-refractivity contribution in [3.63, 3.8) is 0 Å². The molecule has 0 saturated carbocycles. The largest absolute Gasteiger partial charge is 0.340 e. The second-order valence-corrected chi connectivity index (χ2v) is 8.33. The molecule has 34 heavy (non-hydrogen) atoms. The maximum absolute atomic E-state index is 13.5. The van der Waals surface area contributed by atoms with Gasteiger partial charge in [-0.15, -0.1) is 0 Å². The number of rotatable bonds is 6. The molecule has 0 saturated heterocycles. The first-order valence-electron chi connectivity index (χ1n) is 11.0. The van der Waals surface area contributed by atoms with Crippen LogP contribution < -0.4 is 5.56 Å². The van der Waals surface area contributed by atoms with Crippen LogP contribution in [-0.2, 0) is 24.4 Å². The number of aromatic nitrogens is 3. The molecule has 0 aliphatic rings. The van der Waals surface area contributed by atoms with Gasteiger partial charge < -0.3 is 9.47 Å². The number of amides is 1. The molecular weight excluding hydrogens is 431 g/mol. The summed E-state index contributed by atoms with van der Waals surface area (Å²) in [5, 5.41) is 5.94. The third-order valence-electron chi connectivity index (χ3n) is 6.00. The van der Waals surface area contributed by atoms with Crippen LogP contribution in [0.5, 0.6) is 0 Å². The first-order chi connectivity index (χ1) is 16.5. The van der Waals surface area contributed by atoms with Crippen LogP contribution in [0.2, 0.25) is 0 Å². The number of likely N-dealkylation sites (N-methyl/N-ethyl adjacent to an activating group) is 1. The molecule has 0 aliphatic heterocycles. The molecule has 0 spiro atoms. The molecule has 7 heteroatoms. The second kappa shape index (κ2) is 8.94. The Balaban J connectivity index is 1.52. The predicted octanol–water partition coefficient (Wildman–Crippen LogP) is 4.20. The van der Waals surface area contributed by atoms with Crippen molar-refractivity contribution >= 4 is 27.7 Å². The van der Waals surface area contributed by atoms with Gasteiger partial charge in [0.25, 0.3) is 5.56 Å². The Morgan fingerprint density at radius 2 is 1.62 bits per heavy atom. The summed E-state index contributed by atoms with van der Waals surface area (Å²) >= 11 is 0. The summed E-state index contributed by atoms with van der Waals surface area (Å²) in [5.74, 6) is -0.519. The molecule has 6 nitrogen and oxygen atoms in total. The zero-order valence-corrected chi connectivity index (χ0v) is 18.7. The summed E-state index contributed by atoms with van der Waals surface area (Å²) in [7, 11) is 1.71. The van der Waals surface area contributed by atoms with Gasteiger partial charge in [-0.1, -0.05) is 60.7 Å². The third-order valence-corrected chi connectivity index (χ3v) is 6.00. The van der Waals surface area contributed by atoms with Gasteiger partial charge in [0.15, 0.2) is 0 Å². The van der Waals surface area contributed by atoms with E-state index in [1.807, 2.05) is 59.2 Å². The second-order valence-electron chi connectivity index (χ2n) is 8.33. The first kappa shape index (κ1) is 21.6. The quantitative estimate of drug-likeness (QED) is 0.386. The summed E-state index contributed by atoms with van der Waals surface area (Å²) in [4.78, 5) is 28.0. The van der Waals surface area contributed by atoms with E-state index in [-0.39, 0.29) is 23.8 Å². The van der Waals surface area contributed by atoms with E-state index in [4.69, 9.17) is 0 Å². The highest BCUT2D eigenvalue weighted by molar-refractivity contribution is 6.07. The fourth-order valence-corrected chi connectivity index (χ4v) is 4.24. The summed E-state index contributed by atoms with van der Waals surface area (Å²) < 4.78 is 16.5. The molecule has 5 rings (SSSR count). The molecule has 3 aromatic carbocycles. The van der Waals surface area contributed by atoms with Gasteiger partial charge in [0, 0.05) is 36.4 Å². The number of carbonyl (C=O) groups excluding carboxylic acids is 1. The van der Waals surface area contributed by atoms with Crippen molar-refractivity contribution in [3.05, 3.63) is 112 Å². The van der Waals surface area contributed by atoms with Gasteiger partial charge in [0.05, 0.1) is 6.20 Å². The van der Waals surface area contributed by atoms with Gasteiger partial charge in [-0.25, -0.2) is 9.07 Å². The van der Waals surface area contributed by atoms with Gasteiger partial charge in [0.2, 0.25) is 5.91 Å². The molecule has 170 valence electrons. The highest BCUT2D eigenvalue weighted by Crippen LogP contribution is 2.27. The number of hydrogen-bond donors (Lipinski definition) is 0. The smallest absolute Gasteiger partial charge is 0.291 e. The van der Waals surface area contributed by atoms with Crippen molar-refractivity contribution in [2.75, 3.05) is 7.05 Å². The Bertz CT molecular complexity index is 1540. The molecule has 2 heterocycles. The molecule has 0 aliphatic carbocycles. The van der Waals surface area contributed by atoms with Gasteiger partial charge in [-0.05, 0) is 29.3 Å². The zero-order chi connectivity index (χ0) is 23.7. The molecule has 2 aromatic heterocycles. The Labute approximate surface area is 195 Å². The SMILES string of the molecule is CN(Cc1ccccc1)C(=O)Cn1ncc2c3ccccc3n(Cc3ccc(F)cc3)c2c1=O. The Morgan fingerprint density at radius 1 is 0.912 bits per heavy atom. The number of halogens is 1. The van der Waals surface area contributed by atoms with E-state index in [9.17, 15) is 14.0 Å². The highest BCUT2D eigenvalue weighted by Gasteiger charge is 2.18. The van der Waals surface area contributed by atoms with Crippen LogP contribution in [-0.4, -0.2) is 32.2 Å². The van der Waals surface area contributed by atoms with E-state index in [1.54, 1.807) is 30.3 Å². The number of benzene rings is 3. The minimum absolute atomic E-state index is 0.157. The van der Waals surface area contributed by atoms with Crippen LogP contribution in [0, 0.1) is 5.82 Å².